The van der Waals surface area contributed by atoms with Crippen LogP contribution in [0.1, 0.15) is 20.3 Å². The Bertz CT molecular complexity index is 352. The zero-order chi connectivity index (χ0) is 13.9. The molecule has 19 heavy (non-hydrogen) atoms. The quantitative estimate of drug-likeness (QED) is 0.697. The van der Waals surface area contributed by atoms with Crippen molar-refractivity contribution in [2.45, 2.75) is 20.3 Å². The normalized spacial score (nSPS) is 10.5. The summed E-state index contributed by atoms with van der Waals surface area (Å²) in [6.45, 7) is 6.35. The van der Waals surface area contributed by atoms with E-state index in [1.807, 2.05) is 30.3 Å². The van der Waals surface area contributed by atoms with E-state index >= 15 is 0 Å². The summed E-state index contributed by atoms with van der Waals surface area (Å²) < 4.78 is 10.8. The molecule has 4 nitrogen and oxygen atoms in total. The molecular weight excluding hydrogens is 242 g/mol. The van der Waals surface area contributed by atoms with Crippen LogP contribution in [-0.2, 0) is 9.53 Å². The lowest BCUT2D eigenvalue weighted by molar-refractivity contribution is -0.123. The smallest absolute Gasteiger partial charge is 0.257 e. The summed E-state index contributed by atoms with van der Waals surface area (Å²) in [5.74, 6) is 1.15. The van der Waals surface area contributed by atoms with Crippen LogP contribution in [-0.4, -0.2) is 32.3 Å². The highest BCUT2D eigenvalue weighted by atomic mass is 16.5. The number of benzene rings is 1. The lowest BCUT2D eigenvalue weighted by Gasteiger charge is -2.08. The molecule has 1 aromatic rings. The largest absolute Gasteiger partial charge is 0.484 e. The molecular formula is C15H23NO3. The second kappa shape index (κ2) is 9.39. The maximum absolute atomic E-state index is 11.5. The van der Waals surface area contributed by atoms with Crippen LogP contribution in [0.5, 0.6) is 5.75 Å². The number of hydrogen-bond donors (Lipinski definition) is 1. The Balaban J connectivity index is 1.99. The predicted molar refractivity (Wildman–Crippen MR) is 75.2 cm³/mol. The maximum atomic E-state index is 11.5. The Morgan fingerprint density at radius 3 is 2.68 bits per heavy atom. The Hall–Kier alpha value is -1.55. The van der Waals surface area contributed by atoms with E-state index in [-0.39, 0.29) is 12.5 Å². The molecule has 0 bridgehead atoms. The monoisotopic (exact) mass is 265 g/mol. The fourth-order valence-corrected chi connectivity index (χ4v) is 1.44. The van der Waals surface area contributed by atoms with E-state index in [4.69, 9.17) is 9.47 Å². The molecule has 1 aromatic carbocycles. The van der Waals surface area contributed by atoms with E-state index in [9.17, 15) is 4.79 Å². The van der Waals surface area contributed by atoms with Gasteiger partial charge in [0.15, 0.2) is 6.61 Å². The van der Waals surface area contributed by atoms with Crippen molar-refractivity contribution in [2.24, 2.45) is 5.92 Å². The SMILES string of the molecule is CC(C)COCCCNC(=O)COc1ccccc1. The van der Waals surface area contributed by atoms with Crippen LogP contribution in [0.3, 0.4) is 0 Å². The molecule has 0 saturated heterocycles. The Morgan fingerprint density at radius 1 is 1.26 bits per heavy atom. The molecule has 0 fully saturated rings. The average molecular weight is 265 g/mol. The van der Waals surface area contributed by atoms with Crippen LogP contribution in [0, 0.1) is 5.92 Å². The fourth-order valence-electron chi connectivity index (χ4n) is 1.44. The first-order chi connectivity index (χ1) is 9.18. The van der Waals surface area contributed by atoms with E-state index in [0.717, 1.165) is 13.0 Å². The van der Waals surface area contributed by atoms with Crippen molar-refractivity contribution in [1.82, 2.24) is 5.32 Å². The van der Waals surface area contributed by atoms with Crippen LogP contribution in [0.15, 0.2) is 30.3 Å². The van der Waals surface area contributed by atoms with E-state index in [2.05, 4.69) is 19.2 Å². The Kier molecular flexibility index (Phi) is 7.66. The van der Waals surface area contributed by atoms with Gasteiger partial charge in [-0.05, 0) is 24.5 Å². The third-order valence-corrected chi connectivity index (χ3v) is 2.35. The summed E-state index contributed by atoms with van der Waals surface area (Å²) in [5, 5.41) is 2.80. The van der Waals surface area contributed by atoms with Crippen molar-refractivity contribution < 1.29 is 14.3 Å². The van der Waals surface area contributed by atoms with E-state index in [1.165, 1.54) is 0 Å². The number of nitrogens with one attached hydrogen (secondary N) is 1. The highest BCUT2D eigenvalue weighted by molar-refractivity contribution is 5.77. The lowest BCUT2D eigenvalue weighted by Crippen LogP contribution is -2.30. The molecule has 0 heterocycles. The molecule has 0 atom stereocenters. The maximum Gasteiger partial charge on any atom is 0.257 e. The molecule has 0 aliphatic rings. The van der Waals surface area contributed by atoms with Crippen LogP contribution < -0.4 is 10.1 Å². The zero-order valence-electron chi connectivity index (χ0n) is 11.7. The lowest BCUT2D eigenvalue weighted by atomic mass is 10.2. The summed E-state index contributed by atoms with van der Waals surface area (Å²) in [7, 11) is 0. The molecule has 0 spiro atoms. The third-order valence-electron chi connectivity index (χ3n) is 2.35. The molecule has 1 rings (SSSR count). The molecule has 0 saturated carbocycles. The van der Waals surface area contributed by atoms with Gasteiger partial charge in [0, 0.05) is 19.8 Å². The second-order valence-electron chi connectivity index (χ2n) is 4.77. The molecule has 0 aliphatic heterocycles. The number of carbonyl (C=O) groups is 1. The van der Waals surface area contributed by atoms with Crippen molar-refractivity contribution in [3.63, 3.8) is 0 Å². The van der Waals surface area contributed by atoms with Crippen molar-refractivity contribution in [3.8, 4) is 5.75 Å². The van der Waals surface area contributed by atoms with Crippen LogP contribution in [0.25, 0.3) is 0 Å². The predicted octanol–water partition coefficient (Wildman–Crippen LogP) is 2.24. The number of rotatable bonds is 9. The summed E-state index contributed by atoms with van der Waals surface area (Å²) in [5.41, 5.74) is 0. The van der Waals surface area contributed by atoms with E-state index in [0.29, 0.717) is 24.8 Å². The molecule has 4 heteroatoms. The molecule has 0 aliphatic carbocycles. The van der Waals surface area contributed by atoms with Gasteiger partial charge in [0.25, 0.3) is 5.91 Å². The second-order valence-corrected chi connectivity index (χ2v) is 4.77. The first-order valence-corrected chi connectivity index (χ1v) is 6.71. The highest BCUT2D eigenvalue weighted by Gasteiger charge is 2.01. The van der Waals surface area contributed by atoms with Crippen molar-refractivity contribution in [1.29, 1.82) is 0 Å². The molecule has 106 valence electrons. The van der Waals surface area contributed by atoms with Crippen LogP contribution in [0.4, 0.5) is 0 Å². The minimum Gasteiger partial charge on any atom is -0.484 e. The third kappa shape index (κ3) is 8.21. The molecule has 0 aromatic heterocycles. The molecule has 1 amide bonds. The van der Waals surface area contributed by atoms with Crippen molar-refractivity contribution in [2.75, 3.05) is 26.4 Å². The number of hydrogen-bond acceptors (Lipinski definition) is 3. The van der Waals surface area contributed by atoms with E-state index < -0.39 is 0 Å². The van der Waals surface area contributed by atoms with Crippen molar-refractivity contribution in [3.05, 3.63) is 30.3 Å². The number of carbonyl (C=O) groups excluding carboxylic acids is 1. The standard InChI is InChI=1S/C15H23NO3/c1-13(2)11-18-10-6-9-16-15(17)12-19-14-7-4-3-5-8-14/h3-5,7-8,13H,6,9-12H2,1-2H3,(H,16,17). The van der Waals surface area contributed by atoms with Gasteiger partial charge in [-0.1, -0.05) is 32.0 Å². The average Bonchev–Trinajstić information content (AvgIpc) is 2.41. The minimum atomic E-state index is -0.104. The zero-order valence-corrected chi connectivity index (χ0v) is 11.7. The minimum absolute atomic E-state index is 0.0524. The van der Waals surface area contributed by atoms with Gasteiger partial charge in [-0.2, -0.15) is 0 Å². The number of amides is 1. The van der Waals surface area contributed by atoms with Gasteiger partial charge in [0.05, 0.1) is 0 Å². The van der Waals surface area contributed by atoms with Gasteiger partial charge < -0.3 is 14.8 Å². The van der Waals surface area contributed by atoms with Gasteiger partial charge in [0.2, 0.25) is 0 Å². The van der Waals surface area contributed by atoms with Gasteiger partial charge >= 0.3 is 0 Å². The Labute approximate surface area is 115 Å². The highest BCUT2D eigenvalue weighted by Crippen LogP contribution is 2.07. The molecule has 0 radical (unpaired) electrons. The van der Waals surface area contributed by atoms with Gasteiger partial charge in [-0.15, -0.1) is 0 Å². The van der Waals surface area contributed by atoms with Gasteiger partial charge in [-0.25, -0.2) is 0 Å². The van der Waals surface area contributed by atoms with Crippen LogP contribution in [0.2, 0.25) is 0 Å². The summed E-state index contributed by atoms with van der Waals surface area (Å²) in [6, 6.07) is 9.31. The molecule has 1 N–H and O–H groups in total. The fraction of sp³-hybridized carbons (Fsp3) is 0.533. The van der Waals surface area contributed by atoms with Crippen LogP contribution >= 0.6 is 0 Å². The van der Waals surface area contributed by atoms with Gasteiger partial charge in [0.1, 0.15) is 5.75 Å². The van der Waals surface area contributed by atoms with Crippen molar-refractivity contribution >= 4 is 5.91 Å². The summed E-state index contributed by atoms with van der Waals surface area (Å²) in [6.07, 6.45) is 0.823. The van der Waals surface area contributed by atoms with Gasteiger partial charge in [-0.3, -0.25) is 4.79 Å². The summed E-state index contributed by atoms with van der Waals surface area (Å²) >= 11 is 0. The summed E-state index contributed by atoms with van der Waals surface area (Å²) in [4.78, 5) is 11.5. The number of para-hydroxylation sites is 1. The number of ether oxygens (including phenoxy) is 2. The molecule has 0 unspecified atom stereocenters. The Morgan fingerprint density at radius 2 is 2.00 bits per heavy atom. The van der Waals surface area contributed by atoms with E-state index in [1.54, 1.807) is 0 Å². The first kappa shape index (κ1) is 15.5. The first-order valence-electron chi connectivity index (χ1n) is 6.71. The topological polar surface area (TPSA) is 47.6 Å².